The number of nitrogen functional groups attached to an aromatic ring is 1. The van der Waals surface area contributed by atoms with Crippen molar-refractivity contribution in [2.45, 2.75) is 0 Å². The quantitative estimate of drug-likeness (QED) is 0.693. The van der Waals surface area contributed by atoms with Crippen molar-refractivity contribution in [2.75, 3.05) is 19.3 Å². The zero-order chi connectivity index (χ0) is 10.7. The van der Waals surface area contributed by atoms with E-state index in [1.807, 2.05) is 0 Å². The Bertz CT molecular complexity index is 362. The minimum Gasteiger partial charge on any atom is -0.375 e. The topological polar surface area (TPSA) is 102 Å². The van der Waals surface area contributed by atoms with Gasteiger partial charge in [0.05, 0.1) is 6.54 Å². The number of carbonyl (C=O) groups is 2. The van der Waals surface area contributed by atoms with Crippen molar-refractivity contribution in [2.24, 2.45) is 5.73 Å². The second kappa shape index (κ2) is 4.05. The first-order chi connectivity index (χ1) is 6.50. The zero-order valence-electron chi connectivity index (χ0n) is 7.56. The molecular weight excluding hydrogens is 204 g/mol. The van der Waals surface area contributed by atoms with Crippen LogP contribution in [-0.4, -0.2) is 35.3 Å². The van der Waals surface area contributed by atoms with Gasteiger partial charge in [-0.15, -0.1) is 11.3 Å². The summed E-state index contributed by atoms with van der Waals surface area (Å²) in [6, 6.07) is 0. The van der Waals surface area contributed by atoms with E-state index in [2.05, 4.69) is 4.98 Å². The molecule has 2 amide bonds. The van der Waals surface area contributed by atoms with Crippen molar-refractivity contribution in [1.29, 1.82) is 0 Å². The van der Waals surface area contributed by atoms with E-state index in [4.69, 9.17) is 11.5 Å². The molecule has 0 bridgehead atoms. The van der Waals surface area contributed by atoms with Crippen LogP contribution in [0.1, 0.15) is 10.5 Å². The summed E-state index contributed by atoms with van der Waals surface area (Å²) >= 11 is 1.17. The number of nitrogens with zero attached hydrogens (tertiary/aromatic N) is 2. The van der Waals surface area contributed by atoms with E-state index in [9.17, 15) is 9.59 Å². The van der Waals surface area contributed by atoms with Crippen molar-refractivity contribution in [3.63, 3.8) is 0 Å². The van der Waals surface area contributed by atoms with Crippen molar-refractivity contribution in [1.82, 2.24) is 9.88 Å². The van der Waals surface area contributed by atoms with Crippen LogP contribution < -0.4 is 11.5 Å². The van der Waals surface area contributed by atoms with Crippen LogP contribution in [0.5, 0.6) is 0 Å². The van der Waals surface area contributed by atoms with Crippen LogP contribution in [0.15, 0.2) is 5.38 Å². The number of primary amides is 1. The first kappa shape index (κ1) is 10.5. The van der Waals surface area contributed by atoms with Crippen LogP contribution >= 0.6 is 11.3 Å². The molecule has 0 aliphatic heterocycles. The predicted octanol–water partition coefficient (Wildman–Crippen LogP) is -0.717. The Morgan fingerprint density at radius 3 is 2.71 bits per heavy atom. The number of nitrogens with two attached hydrogens (primary N) is 2. The number of rotatable bonds is 3. The molecule has 0 aliphatic rings. The molecule has 4 N–H and O–H groups in total. The summed E-state index contributed by atoms with van der Waals surface area (Å²) in [6.07, 6.45) is 0. The third-order valence-corrected chi connectivity index (χ3v) is 2.15. The predicted molar refractivity (Wildman–Crippen MR) is 52.7 cm³/mol. The summed E-state index contributed by atoms with van der Waals surface area (Å²) in [7, 11) is 1.47. The summed E-state index contributed by atoms with van der Waals surface area (Å²) in [5, 5.41) is 1.86. The van der Waals surface area contributed by atoms with Crippen LogP contribution in [0.2, 0.25) is 0 Å². The molecule has 7 heteroatoms. The van der Waals surface area contributed by atoms with Crippen LogP contribution in [0.4, 0.5) is 5.13 Å². The van der Waals surface area contributed by atoms with Gasteiger partial charge in [-0.1, -0.05) is 0 Å². The number of hydrogen-bond acceptors (Lipinski definition) is 5. The Labute approximate surface area is 84.5 Å². The number of carbonyl (C=O) groups excluding carboxylic acids is 2. The van der Waals surface area contributed by atoms with Gasteiger partial charge in [0.25, 0.3) is 5.91 Å². The Morgan fingerprint density at radius 1 is 1.64 bits per heavy atom. The highest BCUT2D eigenvalue weighted by Crippen LogP contribution is 2.12. The Balaban J connectivity index is 2.70. The van der Waals surface area contributed by atoms with Crippen LogP contribution in [0, 0.1) is 0 Å². The van der Waals surface area contributed by atoms with Gasteiger partial charge in [0, 0.05) is 12.4 Å². The molecule has 0 spiro atoms. The minimum absolute atomic E-state index is 0.129. The highest BCUT2D eigenvalue weighted by Gasteiger charge is 2.15. The molecule has 1 aromatic rings. The second-order valence-electron chi connectivity index (χ2n) is 2.70. The van der Waals surface area contributed by atoms with Crippen LogP contribution in [-0.2, 0) is 4.79 Å². The molecule has 1 aromatic heterocycles. The average molecular weight is 214 g/mol. The van der Waals surface area contributed by atoms with Gasteiger partial charge in [-0.25, -0.2) is 4.98 Å². The molecule has 76 valence electrons. The summed E-state index contributed by atoms with van der Waals surface area (Å²) in [6.45, 7) is -0.129. The van der Waals surface area contributed by atoms with E-state index in [1.54, 1.807) is 0 Å². The maximum atomic E-state index is 11.5. The van der Waals surface area contributed by atoms with Crippen LogP contribution in [0.25, 0.3) is 0 Å². The van der Waals surface area contributed by atoms with E-state index in [0.29, 0.717) is 5.13 Å². The number of hydrogen-bond donors (Lipinski definition) is 2. The maximum absolute atomic E-state index is 11.5. The summed E-state index contributed by atoms with van der Waals surface area (Å²) < 4.78 is 0. The molecule has 0 aliphatic carbocycles. The lowest BCUT2D eigenvalue weighted by atomic mass is 10.4. The third kappa shape index (κ3) is 2.43. The molecule has 0 aromatic carbocycles. The Kier molecular flexibility index (Phi) is 3.03. The maximum Gasteiger partial charge on any atom is 0.273 e. The molecule has 0 radical (unpaired) electrons. The Hall–Kier alpha value is -1.63. The van der Waals surface area contributed by atoms with Crippen molar-refractivity contribution in [3.8, 4) is 0 Å². The molecule has 0 unspecified atom stereocenters. The fourth-order valence-electron chi connectivity index (χ4n) is 0.887. The van der Waals surface area contributed by atoms with E-state index in [-0.39, 0.29) is 18.1 Å². The number of anilines is 1. The molecule has 0 saturated carbocycles. The molecule has 14 heavy (non-hydrogen) atoms. The van der Waals surface area contributed by atoms with Gasteiger partial charge in [0.15, 0.2) is 5.13 Å². The molecule has 1 rings (SSSR count). The van der Waals surface area contributed by atoms with Crippen molar-refractivity contribution in [3.05, 3.63) is 11.1 Å². The van der Waals surface area contributed by atoms with E-state index >= 15 is 0 Å². The summed E-state index contributed by atoms with van der Waals surface area (Å²) in [4.78, 5) is 27.0. The molecular formula is C7H10N4O2S. The van der Waals surface area contributed by atoms with E-state index in [0.717, 1.165) is 0 Å². The van der Waals surface area contributed by atoms with Gasteiger partial charge >= 0.3 is 0 Å². The molecule has 0 fully saturated rings. The van der Waals surface area contributed by atoms with Crippen LogP contribution in [0.3, 0.4) is 0 Å². The minimum atomic E-state index is -0.566. The SMILES string of the molecule is CN(CC(N)=O)C(=O)c1csc(N)n1. The lowest BCUT2D eigenvalue weighted by Crippen LogP contribution is -2.35. The third-order valence-electron chi connectivity index (χ3n) is 1.48. The average Bonchev–Trinajstić information content (AvgIpc) is 2.49. The molecule has 1 heterocycles. The number of aromatic nitrogens is 1. The summed E-state index contributed by atoms with van der Waals surface area (Å²) in [5.74, 6) is -0.930. The number of amides is 2. The largest absolute Gasteiger partial charge is 0.375 e. The van der Waals surface area contributed by atoms with E-state index < -0.39 is 5.91 Å². The monoisotopic (exact) mass is 214 g/mol. The van der Waals surface area contributed by atoms with Gasteiger partial charge in [0.1, 0.15) is 5.69 Å². The first-order valence-electron chi connectivity index (χ1n) is 3.75. The standard InChI is InChI=1S/C7H10N4O2S/c1-11(2-5(8)12)6(13)4-3-14-7(9)10-4/h3H,2H2,1H3,(H2,8,12)(H2,9,10). The fourth-order valence-corrected chi connectivity index (χ4v) is 1.42. The number of thiazole rings is 1. The van der Waals surface area contributed by atoms with Gasteiger partial charge < -0.3 is 16.4 Å². The van der Waals surface area contributed by atoms with E-state index in [1.165, 1.54) is 28.7 Å². The Morgan fingerprint density at radius 2 is 2.29 bits per heavy atom. The first-order valence-corrected chi connectivity index (χ1v) is 4.63. The second-order valence-corrected chi connectivity index (χ2v) is 3.59. The molecule has 0 saturated heterocycles. The summed E-state index contributed by atoms with van der Waals surface area (Å²) in [5.41, 5.74) is 10.5. The van der Waals surface area contributed by atoms with Crippen molar-refractivity contribution >= 4 is 28.3 Å². The normalized spacial score (nSPS) is 9.79. The molecule has 6 nitrogen and oxygen atoms in total. The fraction of sp³-hybridized carbons (Fsp3) is 0.286. The van der Waals surface area contributed by atoms with Gasteiger partial charge in [0.2, 0.25) is 5.91 Å². The van der Waals surface area contributed by atoms with Gasteiger partial charge in [-0.05, 0) is 0 Å². The van der Waals surface area contributed by atoms with Gasteiger partial charge in [-0.2, -0.15) is 0 Å². The molecule has 0 atom stereocenters. The smallest absolute Gasteiger partial charge is 0.273 e. The van der Waals surface area contributed by atoms with Gasteiger partial charge in [-0.3, -0.25) is 9.59 Å². The zero-order valence-corrected chi connectivity index (χ0v) is 8.37. The highest BCUT2D eigenvalue weighted by molar-refractivity contribution is 7.13. The van der Waals surface area contributed by atoms with Crippen molar-refractivity contribution < 1.29 is 9.59 Å². The lowest BCUT2D eigenvalue weighted by Gasteiger charge is -2.12. The number of likely N-dealkylation sites (N-methyl/N-ethyl adjacent to an activating group) is 1. The lowest BCUT2D eigenvalue weighted by molar-refractivity contribution is -0.118. The highest BCUT2D eigenvalue weighted by atomic mass is 32.1.